The monoisotopic (exact) mass is 873 g/mol. The van der Waals surface area contributed by atoms with E-state index in [1.165, 1.54) is 6.92 Å². The Morgan fingerprint density at radius 1 is 0.576 bits per heavy atom. The summed E-state index contributed by atoms with van der Waals surface area (Å²) in [6.45, 7) is 1.18. The number of nitrogens with two attached hydrogens (primary N) is 1. The number of amides is 8. The molecule has 0 aromatic heterocycles. The molecule has 0 fully saturated rings. The van der Waals surface area contributed by atoms with E-state index in [0.29, 0.717) is 5.56 Å². The van der Waals surface area contributed by atoms with Gasteiger partial charge in [-0.1, -0.05) is 44.2 Å². The van der Waals surface area contributed by atoms with Crippen LogP contribution in [-0.2, 0) is 49.6 Å². The summed E-state index contributed by atoms with van der Waals surface area (Å²) in [6, 6.07) is -2.63. The zero-order valence-electron chi connectivity index (χ0n) is 32.7. The Morgan fingerprint density at radius 3 is 1.51 bits per heavy atom. The fraction of sp³-hybridized carbons (Fsp3) is 0.571. The Labute approximate surface area is 351 Å². The quantitative estimate of drug-likeness (QED) is 0.0386. The number of hydrogen-bond acceptors (Lipinski definition) is 15. The van der Waals surface area contributed by atoms with E-state index < -0.39 is 128 Å². The van der Waals surface area contributed by atoms with Gasteiger partial charge in [0.15, 0.2) is 0 Å². The van der Waals surface area contributed by atoms with E-state index >= 15 is 0 Å². The summed E-state index contributed by atoms with van der Waals surface area (Å²) in [5, 5.41) is 56.8. The lowest BCUT2D eigenvalue weighted by Crippen LogP contribution is -2.60. The molecule has 0 saturated heterocycles. The maximum absolute atomic E-state index is 13.6. The third-order valence-corrected chi connectivity index (χ3v) is 8.99. The number of carbonyl (C=O) groups excluding carboxylic acids is 8. The molecule has 330 valence electrons. The maximum atomic E-state index is 13.6. The van der Waals surface area contributed by atoms with Gasteiger partial charge in [0.05, 0.1) is 32.4 Å². The number of rotatable bonds is 26. The highest BCUT2D eigenvalue weighted by atomic mass is 32.1. The third kappa shape index (κ3) is 18.6. The van der Waals surface area contributed by atoms with Crippen molar-refractivity contribution in [1.82, 2.24) is 42.5 Å². The summed E-state index contributed by atoms with van der Waals surface area (Å²) >= 11 is 7.82. The van der Waals surface area contributed by atoms with Crippen molar-refractivity contribution in [2.45, 2.75) is 81.9 Å². The molecule has 8 amide bonds. The lowest BCUT2D eigenvalue weighted by atomic mass is 10.0. The number of aliphatic hydroxyl groups is 3. The highest BCUT2D eigenvalue weighted by Crippen LogP contribution is 2.09. The van der Waals surface area contributed by atoms with Crippen molar-refractivity contribution >= 4 is 78.5 Å². The molecule has 8 atom stereocenters. The fourth-order valence-electron chi connectivity index (χ4n) is 4.93. The molecule has 0 bridgehead atoms. The van der Waals surface area contributed by atoms with E-state index in [9.17, 15) is 63.6 Å². The van der Waals surface area contributed by atoms with Crippen LogP contribution in [0.4, 0.5) is 0 Å². The van der Waals surface area contributed by atoms with Crippen molar-refractivity contribution in [3.8, 4) is 0 Å². The van der Waals surface area contributed by atoms with Crippen LogP contribution >= 0.6 is 25.3 Å². The van der Waals surface area contributed by atoms with Crippen LogP contribution < -0.4 is 48.3 Å². The first kappa shape index (κ1) is 52.0. The van der Waals surface area contributed by atoms with Gasteiger partial charge < -0.3 is 68.7 Å². The first-order valence-electron chi connectivity index (χ1n) is 18.3. The standard InChI is InChI=1S/C35H55N9O13S2/c1-17(2)9-21(30(51)41-22(10-19-7-5-4-6-8-19)31(52)44-26(16-59)35(56)57)40-33(54)23(12-45)39-27(48)11-37-28(49)18(3)38-32(53)24(13-46)43-34(55)25(14-47)42-29(50)20(36)15-58/h4-8,17-18,20-26,45-47,58-59H,9-16,36H2,1-3H3,(H,37,49)(H,38,53)(H,39,48)(H,40,54)(H,41,51)(H,42,50)(H,43,55)(H,44,52)(H,56,57)/t18-,20-,21-,22-,23-,24-,25-,26-/m0/s1. The number of benzene rings is 1. The van der Waals surface area contributed by atoms with Crippen molar-refractivity contribution in [3.05, 3.63) is 35.9 Å². The largest absolute Gasteiger partial charge is 0.480 e. The second kappa shape index (κ2) is 26.9. The Bertz CT molecular complexity index is 1610. The van der Waals surface area contributed by atoms with Gasteiger partial charge in [-0.05, 0) is 24.8 Å². The number of nitrogens with one attached hydrogen (secondary N) is 8. The molecular weight excluding hydrogens is 819 g/mol. The number of carboxylic acids is 1. The number of aliphatic carboxylic acids is 1. The SMILES string of the molecule is CC(C)C[C@H](NC(=O)[C@H](CO)NC(=O)CNC(=O)[C@H](C)NC(=O)[C@H](CO)NC(=O)[C@H](CO)NC(=O)[C@@H](N)CS)C(=O)N[C@@H](Cc1ccccc1)C(=O)N[C@@H](CS)C(=O)O. The van der Waals surface area contributed by atoms with Crippen molar-refractivity contribution in [2.24, 2.45) is 11.7 Å². The molecule has 1 aromatic rings. The molecule has 0 spiro atoms. The van der Waals surface area contributed by atoms with E-state index in [2.05, 4.69) is 67.8 Å². The molecule has 24 heteroatoms. The van der Waals surface area contributed by atoms with Crippen molar-refractivity contribution < 1.29 is 63.6 Å². The minimum absolute atomic E-state index is 0.0410. The van der Waals surface area contributed by atoms with Gasteiger partial charge in [-0.25, -0.2) is 4.79 Å². The smallest absolute Gasteiger partial charge is 0.327 e. The Morgan fingerprint density at radius 2 is 1.02 bits per heavy atom. The van der Waals surface area contributed by atoms with Crippen LogP contribution in [0.25, 0.3) is 0 Å². The lowest BCUT2D eigenvalue weighted by Gasteiger charge is -2.26. The van der Waals surface area contributed by atoms with Crippen molar-refractivity contribution in [2.75, 3.05) is 37.9 Å². The summed E-state index contributed by atoms with van der Waals surface area (Å²) in [5.41, 5.74) is 6.16. The van der Waals surface area contributed by atoms with E-state index in [4.69, 9.17) is 5.73 Å². The summed E-state index contributed by atoms with van der Waals surface area (Å²) < 4.78 is 0. The average molecular weight is 874 g/mol. The van der Waals surface area contributed by atoms with E-state index in [1.807, 2.05) is 0 Å². The molecule has 59 heavy (non-hydrogen) atoms. The second-order valence-corrected chi connectivity index (χ2v) is 14.3. The van der Waals surface area contributed by atoms with Crippen LogP contribution in [0.3, 0.4) is 0 Å². The van der Waals surface area contributed by atoms with Crippen LogP contribution in [0, 0.1) is 5.92 Å². The van der Waals surface area contributed by atoms with Gasteiger partial charge in [0.2, 0.25) is 47.3 Å². The summed E-state index contributed by atoms with van der Waals surface area (Å²) in [4.78, 5) is 114. The Hall–Kier alpha value is -5.01. The minimum atomic E-state index is -1.63. The molecule has 0 saturated carbocycles. The second-order valence-electron chi connectivity index (χ2n) is 13.6. The van der Waals surface area contributed by atoms with Crippen LogP contribution in [0.15, 0.2) is 30.3 Å². The molecular formula is C35H55N9O13S2. The van der Waals surface area contributed by atoms with Gasteiger partial charge in [-0.3, -0.25) is 38.4 Å². The lowest BCUT2D eigenvalue weighted by molar-refractivity contribution is -0.141. The molecule has 1 aromatic carbocycles. The molecule has 22 nitrogen and oxygen atoms in total. The van der Waals surface area contributed by atoms with Crippen LogP contribution in [0.1, 0.15) is 32.8 Å². The predicted octanol–water partition coefficient (Wildman–Crippen LogP) is -5.95. The van der Waals surface area contributed by atoms with E-state index in [0.717, 1.165) is 0 Å². The normalized spacial score (nSPS) is 15.0. The highest BCUT2D eigenvalue weighted by molar-refractivity contribution is 7.80. The molecule has 0 aliphatic carbocycles. The van der Waals surface area contributed by atoms with Gasteiger partial charge >= 0.3 is 5.97 Å². The Balaban J connectivity index is 2.90. The summed E-state index contributed by atoms with van der Waals surface area (Å²) in [7, 11) is 0. The molecule has 0 aliphatic rings. The molecule has 0 heterocycles. The summed E-state index contributed by atoms with van der Waals surface area (Å²) in [5.74, 6) is -9.27. The third-order valence-electron chi connectivity index (χ3n) is 8.23. The predicted molar refractivity (Wildman–Crippen MR) is 216 cm³/mol. The van der Waals surface area contributed by atoms with Crippen molar-refractivity contribution in [1.29, 1.82) is 0 Å². The van der Waals surface area contributed by atoms with Gasteiger partial charge in [0.1, 0.15) is 42.3 Å². The van der Waals surface area contributed by atoms with Gasteiger partial charge in [-0.15, -0.1) is 0 Å². The van der Waals surface area contributed by atoms with E-state index in [1.54, 1.807) is 44.2 Å². The highest BCUT2D eigenvalue weighted by Gasteiger charge is 2.32. The van der Waals surface area contributed by atoms with Crippen LogP contribution in [-0.4, -0.2) is 160 Å². The van der Waals surface area contributed by atoms with Gasteiger partial charge in [-0.2, -0.15) is 25.3 Å². The topological polar surface area (TPSA) is 357 Å². The fourth-order valence-corrected chi connectivity index (χ4v) is 5.34. The van der Waals surface area contributed by atoms with Crippen LogP contribution in [0.2, 0.25) is 0 Å². The molecule has 0 radical (unpaired) electrons. The molecule has 1 rings (SSSR count). The van der Waals surface area contributed by atoms with Crippen LogP contribution in [0.5, 0.6) is 0 Å². The first-order valence-corrected chi connectivity index (χ1v) is 19.5. The zero-order chi connectivity index (χ0) is 44.8. The van der Waals surface area contributed by atoms with Gasteiger partial charge in [0, 0.05) is 17.9 Å². The molecule has 0 unspecified atom stereocenters. The number of carboxylic acid groups (broad SMARTS) is 1. The van der Waals surface area contributed by atoms with Crippen molar-refractivity contribution in [3.63, 3.8) is 0 Å². The Kier molecular flexibility index (Phi) is 23.7. The molecule has 0 aliphatic heterocycles. The number of hydrogen-bond donors (Lipinski definition) is 15. The number of aliphatic hydroxyl groups excluding tert-OH is 3. The number of thiol groups is 2. The summed E-state index contributed by atoms with van der Waals surface area (Å²) in [6.07, 6.45) is 0.00259. The number of carbonyl (C=O) groups is 9. The molecule has 14 N–H and O–H groups in total. The van der Waals surface area contributed by atoms with E-state index in [-0.39, 0.29) is 30.3 Å². The average Bonchev–Trinajstić information content (AvgIpc) is 3.20. The zero-order valence-corrected chi connectivity index (χ0v) is 34.5. The first-order chi connectivity index (χ1) is 27.8. The minimum Gasteiger partial charge on any atom is -0.480 e. The van der Waals surface area contributed by atoms with Gasteiger partial charge in [0.25, 0.3) is 0 Å². The maximum Gasteiger partial charge on any atom is 0.327 e.